The molecule has 1 atom stereocenters. The summed E-state index contributed by atoms with van der Waals surface area (Å²) in [6.45, 7) is 8.50. The van der Waals surface area contributed by atoms with E-state index in [1.54, 1.807) is 11.3 Å². The molecule has 0 saturated heterocycles. The van der Waals surface area contributed by atoms with Crippen molar-refractivity contribution in [2.75, 3.05) is 13.6 Å². The Morgan fingerprint density at radius 2 is 2.17 bits per heavy atom. The topological polar surface area (TPSA) is 29.3 Å². The standard InChI is InChI=1S/C14H25BrN2S/c1-11(2)5-6-14(3,10-16)17(4)8-13-7-12(15)9-18-13/h7,9,11H,5-6,8,10,16H2,1-4H3. The van der Waals surface area contributed by atoms with Gasteiger partial charge in [0.25, 0.3) is 0 Å². The first-order valence-corrected chi connectivity index (χ1v) is 8.19. The fraction of sp³-hybridized carbons (Fsp3) is 0.714. The summed E-state index contributed by atoms with van der Waals surface area (Å²) in [6, 6.07) is 2.19. The number of nitrogens with zero attached hydrogens (tertiary/aromatic N) is 1. The maximum Gasteiger partial charge on any atom is 0.0331 e. The Bertz CT molecular complexity index is 364. The van der Waals surface area contributed by atoms with E-state index < -0.39 is 0 Å². The minimum absolute atomic E-state index is 0.0980. The molecular weight excluding hydrogens is 308 g/mol. The molecule has 0 aliphatic rings. The summed E-state index contributed by atoms with van der Waals surface area (Å²) in [5.41, 5.74) is 6.10. The molecule has 4 heteroatoms. The molecule has 0 aliphatic heterocycles. The Balaban J connectivity index is 2.62. The van der Waals surface area contributed by atoms with E-state index in [1.807, 2.05) is 0 Å². The van der Waals surface area contributed by atoms with E-state index in [0.29, 0.717) is 6.54 Å². The number of thiophene rings is 1. The Morgan fingerprint density at radius 3 is 2.61 bits per heavy atom. The third kappa shape index (κ3) is 4.65. The molecule has 1 heterocycles. The van der Waals surface area contributed by atoms with E-state index in [9.17, 15) is 0 Å². The van der Waals surface area contributed by atoms with Crippen LogP contribution >= 0.6 is 27.3 Å². The highest BCUT2D eigenvalue weighted by Crippen LogP contribution is 2.26. The van der Waals surface area contributed by atoms with Crippen LogP contribution in [-0.2, 0) is 6.54 Å². The van der Waals surface area contributed by atoms with Gasteiger partial charge in [0.05, 0.1) is 0 Å². The van der Waals surface area contributed by atoms with Gasteiger partial charge in [0, 0.05) is 33.4 Å². The normalized spacial score (nSPS) is 15.3. The van der Waals surface area contributed by atoms with Crippen LogP contribution in [-0.4, -0.2) is 24.0 Å². The first-order valence-electron chi connectivity index (χ1n) is 6.51. The van der Waals surface area contributed by atoms with Crippen molar-refractivity contribution in [1.29, 1.82) is 0 Å². The van der Waals surface area contributed by atoms with Crippen LogP contribution in [0.5, 0.6) is 0 Å². The summed E-state index contributed by atoms with van der Waals surface area (Å²) in [4.78, 5) is 3.78. The SMILES string of the molecule is CC(C)CCC(C)(CN)N(C)Cc1cc(Br)cs1. The second-order valence-electron chi connectivity index (χ2n) is 5.72. The van der Waals surface area contributed by atoms with Gasteiger partial charge in [-0.25, -0.2) is 0 Å². The molecule has 1 unspecified atom stereocenters. The quantitative estimate of drug-likeness (QED) is 0.814. The summed E-state index contributed by atoms with van der Waals surface area (Å²) in [6.07, 6.45) is 2.39. The van der Waals surface area contributed by atoms with E-state index in [1.165, 1.54) is 15.8 Å². The Kier molecular flexibility index (Phi) is 6.31. The van der Waals surface area contributed by atoms with E-state index in [2.05, 4.69) is 60.1 Å². The predicted octanol–water partition coefficient (Wildman–Crippen LogP) is 4.10. The summed E-state index contributed by atoms with van der Waals surface area (Å²) >= 11 is 5.31. The first kappa shape index (κ1) is 16.2. The van der Waals surface area contributed by atoms with Crippen LogP contribution in [0.4, 0.5) is 0 Å². The molecule has 2 nitrogen and oxygen atoms in total. The second-order valence-corrected chi connectivity index (χ2v) is 7.63. The Hall–Kier alpha value is 0.1000. The summed E-state index contributed by atoms with van der Waals surface area (Å²) in [7, 11) is 2.18. The van der Waals surface area contributed by atoms with Crippen molar-refractivity contribution in [2.24, 2.45) is 11.7 Å². The van der Waals surface area contributed by atoms with Crippen molar-refractivity contribution in [3.63, 3.8) is 0 Å². The zero-order valence-electron chi connectivity index (χ0n) is 11.9. The smallest absolute Gasteiger partial charge is 0.0331 e. The van der Waals surface area contributed by atoms with Crippen LogP contribution in [0.2, 0.25) is 0 Å². The van der Waals surface area contributed by atoms with E-state index >= 15 is 0 Å². The maximum atomic E-state index is 6.01. The molecule has 0 amide bonds. The van der Waals surface area contributed by atoms with Crippen molar-refractivity contribution in [3.05, 3.63) is 20.8 Å². The van der Waals surface area contributed by atoms with E-state index in [-0.39, 0.29) is 5.54 Å². The summed E-state index contributed by atoms with van der Waals surface area (Å²) in [5.74, 6) is 0.736. The largest absolute Gasteiger partial charge is 0.329 e. The minimum Gasteiger partial charge on any atom is -0.329 e. The van der Waals surface area contributed by atoms with Gasteiger partial charge in [-0.15, -0.1) is 11.3 Å². The molecule has 0 spiro atoms. The monoisotopic (exact) mass is 332 g/mol. The number of halogens is 1. The van der Waals surface area contributed by atoms with Crippen LogP contribution in [0.25, 0.3) is 0 Å². The molecule has 0 aliphatic carbocycles. The van der Waals surface area contributed by atoms with Gasteiger partial charge in [0.15, 0.2) is 0 Å². The van der Waals surface area contributed by atoms with Crippen molar-refractivity contribution in [2.45, 2.75) is 45.7 Å². The molecule has 0 aromatic carbocycles. The number of likely N-dealkylation sites (N-methyl/N-ethyl adjacent to an activating group) is 1. The number of rotatable bonds is 7. The molecule has 104 valence electrons. The molecule has 0 fully saturated rings. The van der Waals surface area contributed by atoms with Crippen LogP contribution in [0.15, 0.2) is 15.9 Å². The van der Waals surface area contributed by atoms with Crippen molar-refractivity contribution < 1.29 is 0 Å². The number of hydrogen-bond donors (Lipinski definition) is 1. The van der Waals surface area contributed by atoms with Gasteiger partial charge in [-0.3, -0.25) is 4.90 Å². The van der Waals surface area contributed by atoms with Gasteiger partial charge in [-0.2, -0.15) is 0 Å². The fourth-order valence-electron chi connectivity index (χ4n) is 1.91. The van der Waals surface area contributed by atoms with Crippen LogP contribution in [0.3, 0.4) is 0 Å². The number of hydrogen-bond acceptors (Lipinski definition) is 3. The predicted molar refractivity (Wildman–Crippen MR) is 85.0 cm³/mol. The lowest BCUT2D eigenvalue weighted by Gasteiger charge is -2.38. The van der Waals surface area contributed by atoms with E-state index in [4.69, 9.17) is 5.73 Å². The lowest BCUT2D eigenvalue weighted by atomic mass is 9.90. The third-order valence-electron chi connectivity index (χ3n) is 3.64. The average molecular weight is 333 g/mol. The van der Waals surface area contributed by atoms with Gasteiger partial charge < -0.3 is 5.73 Å². The molecule has 0 radical (unpaired) electrons. The van der Waals surface area contributed by atoms with Gasteiger partial charge >= 0.3 is 0 Å². The highest BCUT2D eigenvalue weighted by Gasteiger charge is 2.27. The molecule has 0 bridgehead atoms. The average Bonchev–Trinajstić information content (AvgIpc) is 2.71. The number of nitrogens with two attached hydrogens (primary N) is 1. The van der Waals surface area contributed by atoms with Gasteiger partial charge in [-0.1, -0.05) is 13.8 Å². The third-order valence-corrected chi connectivity index (χ3v) is 5.32. The van der Waals surface area contributed by atoms with Crippen LogP contribution in [0, 0.1) is 5.92 Å². The van der Waals surface area contributed by atoms with Gasteiger partial charge in [0.2, 0.25) is 0 Å². The molecule has 1 aromatic heterocycles. The lowest BCUT2D eigenvalue weighted by molar-refractivity contribution is 0.120. The summed E-state index contributed by atoms with van der Waals surface area (Å²) in [5, 5.41) is 2.14. The molecule has 2 N–H and O–H groups in total. The molecule has 18 heavy (non-hydrogen) atoms. The Morgan fingerprint density at radius 1 is 1.50 bits per heavy atom. The molecular formula is C14H25BrN2S. The maximum absolute atomic E-state index is 6.01. The zero-order chi connectivity index (χ0) is 13.8. The van der Waals surface area contributed by atoms with Crippen LogP contribution < -0.4 is 5.73 Å². The van der Waals surface area contributed by atoms with Crippen molar-refractivity contribution in [3.8, 4) is 0 Å². The highest BCUT2D eigenvalue weighted by atomic mass is 79.9. The second kappa shape index (κ2) is 7.04. The summed E-state index contributed by atoms with van der Waals surface area (Å²) < 4.78 is 1.17. The fourth-order valence-corrected chi connectivity index (χ4v) is 3.41. The molecule has 1 rings (SSSR count). The lowest BCUT2D eigenvalue weighted by Crippen LogP contribution is -2.49. The van der Waals surface area contributed by atoms with Crippen molar-refractivity contribution >= 4 is 27.3 Å². The Labute approximate surface area is 124 Å². The molecule has 0 saturated carbocycles. The van der Waals surface area contributed by atoms with Crippen molar-refractivity contribution in [1.82, 2.24) is 4.90 Å². The molecule has 1 aromatic rings. The first-order chi connectivity index (χ1) is 8.37. The zero-order valence-corrected chi connectivity index (χ0v) is 14.3. The van der Waals surface area contributed by atoms with Crippen LogP contribution in [0.1, 0.15) is 38.5 Å². The van der Waals surface area contributed by atoms with Gasteiger partial charge in [-0.05, 0) is 54.7 Å². The van der Waals surface area contributed by atoms with E-state index in [0.717, 1.165) is 18.9 Å². The highest BCUT2D eigenvalue weighted by molar-refractivity contribution is 9.10. The minimum atomic E-state index is 0.0980. The van der Waals surface area contributed by atoms with Gasteiger partial charge in [0.1, 0.15) is 0 Å².